The Morgan fingerprint density at radius 1 is 1.37 bits per heavy atom. The quantitative estimate of drug-likeness (QED) is 0.866. The van der Waals surface area contributed by atoms with E-state index in [1.165, 1.54) is 0 Å². The molecule has 0 radical (unpaired) electrons. The van der Waals surface area contributed by atoms with Gasteiger partial charge in [-0.1, -0.05) is 12.5 Å². The predicted molar refractivity (Wildman–Crippen MR) is 69.3 cm³/mol. The Labute approximate surface area is 112 Å². The Morgan fingerprint density at radius 2 is 2.11 bits per heavy atom. The monoisotopic (exact) mass is 262 g/mol. The molecule has 0 aromatic carbocycles. The van der Waals surface area contributed by atoms with Gasteiger partial charge in [0.1, 0.15) is 0 Å². The normalized spacial score (nSPS) is 23.8. The summed E-state index contributed by atoms with van der Waals surface area (Å²) in [5.41, 5.74) is 0.778. The Kier molecular flexibility index (Phi) is 4.14. The van der Waals surface area contributed by atoms with Crippen LogP contribution in [-0.4, -0.2) is 22.0 Å². The summed E-state index contributed by atoms with van der Waals surface area (Å²) >= 11 is 0. The summed E-state index contributed by atoms with van der Waals surface area (Å²) in [7, 11) is 0. The zero-order valence-corrected chi connectivity index (χ0v) is 10.9. The lowest BCUT2D eigenvalue weighted by molar-refractivity contribution is -0.146. The van der Waals surface area contributed by atoms with Gasteiger partial charge < -0.3 is 10.4 Å². The summed E-state index contributed by atoms with van der Waals surface area (Å²) in [6.07, 6.45) is 3.71. The number of nitrogens with one attached hydrogen (secondary N) is 1. The summed E-state index contributed by atoms with van der Waals surface area (Å²) in [6, 6.07) is 5.31. The van der Waals surface area contributed by atoms with Gasteiger partial charge in [0.15, 0.2) is 0 Å². The standard InChI is InChI=1S/C14H18N2O3/c1-9(12-7-2-3-8-15-12)16-13(17)10-5-4-6-11(10)14(18)19/h2-3,7-11H,4-6H2,1H3,(H,16,17)(H,18,19). The molecule has 1 aliphatic carbocycles. The topological polar surface area (TPSA) is 79.3 Å². The highest BCUT2D eigenvalue weighted by Gasteiger charge is 2.38. The number of carboxylic acids is 1. The van der Waals surface area contributed by atoms with Crippen LogP contribution in [0.3, 0.4) is 0 Å². The Bertz CT molecular complexity index is 461. The zero-order valence-electron chi connectivity index (χ0n) is 10.9. The molecule has 1 aromatic rings. The number of hydrogen-bond donors (Lipinski definition) is 2. The number of carbonyl (C=O) groups is 2. The molecule has 1 amide bonds. The minimum Gasteiger partial charge on any atom is -0.481 e. The van der Waals surface area contributed by atoms with Gasteiger partial charge in [-0.05, 0) is 31.9 Å². The van der Waals surface area contributed by atoms with Crippen LogP contribution in [0.1, 0.15) is 37.9 Å². The molecule has 5 heteroatoms. The number of nitrogens with zero attached hydrogens (tertiary/aromatic N) is 1. The van der Waals surface area contributed by atoms with E-state index in [0.29, 0.717) is 12.8 Å². The fourth-order valence-corrected chi connectivity index (χ4v) is 2.60. The molecule has 5 nitrogen and oxygen atoms in total. The highest BCUT2D eigenvalue weighted by Crippen LogP contribution is 2.32. The second kappa shape index (κ2) is 5.82. The number of aliphatic carboxylic acids is 1. The lowest BCUT2D eigenvalue weighted by atomic mass is 9.95. The smallest absolute Gasteiger partial charge is 0.307 e. The molecule has 0 saturated heterocycles. The van der Waals surface area contributed by atoms with Crippen LogP contribution in [0.2, 0.25) is 0 Å². The second-order valence-corrected chi connectivity index (χ2v) is 4.97. The Morgan fingerprint density at radius 3 is 2.74 bits per heavy atom. The molecule has 1 saturated carbocycles. The molecule has 3 atom stereocenters. The van der Waals surface area contributed by atoms with E-state index in [1.54, 1.807) is 6.20 Å². The van der Waals surface area contributed by atoms with E-state index < -0.39 is 17.8 Å². The third-order valence-electron chi connectivity index (χ3n) is 3.66. The van der Waals surface area contributed by atoms with Crippen molar-refractivity contribution in [3.8, 4) is 0 Å². The van der Waals surface area contributed by atoms with Crippen molar-refractivity contribution in [2.24, 2.45) is 11.8 Å². The van der Waals surface area contributed by atoms with Crippen molar-refractivity contribution in [2.45, 2.75) is 32.2 Å². The van der Waals surface area contributed by atoms with Gasteiger partial charge in [0, 0.05) is 6.20 Å². The summed E-state index contributed by atoms with van der Waals surface area (Å²) in [5.74, 6) is -2.01. The fraction of sp³-hybridized carbons (Fsp3) is 0.500. The molecule has 102 valence electrons. The molecular formula is C14H18N2O3. The Balaban J connectivity index is 1.99. The van der Waals surface area contributed by atoms with Crippen LogP contribution in [0, 0.1) is 11.8 Å². The van der Waals surface area contributed by atoms with Crippen LogP contribution in [0.15, 0.2) is 24.4 Å². The third kappa shape index (κ3) is 3.10. The molecule has 2 N–H and O–H groups in total. The van der Waals surface area contributed by atoms with E-state index in [9.17, 15) is 9.59 Å². The lowest BCUT2D eigenvalue weighted by Crippen LogP contribution is -2.36. The van der Waals surface area contributed by atoms with E-state index in [1.807, 2.05) is 25.1 Å². The van der Waals surface area contributed by atoms with Crippen molar-refractivity contribution in [2.75, 3.05) is 0 Å². The average molecular weight is 262 g/mol. The van der Waals surface area contributed by atoms with Crippen LogP contribution in [0.4, 0.5) is 0 Å². The van der Waals surface area contributed by atoms with Crippen LogP contribution in [-0.2, 0) is 9.59 Å². The molecule has 0 bridgehead atoms. The maximum absolute atomic E-state index is 12.1. The SMILES string of the molecule is CC(NC(=O)C1CCCC1C(=O)O)c1ccccn1. The summed E-state index contributed by atoms with van der Waals surface area (Å²) in [4.78, 5) is 27.4. The summed E-state index contributed by atoms with van der Waals surface area (Å²) in [6.45, 7) is 1.85. The first kappa shape index (κ1) is 13.5. The van der Waals surface area contributed by atoms with Crippen molar-refractivity contribution < 1.29 is 14.7 Å². The van der Waals surface area contributed by atoms with Crippen molar-refractivity contribution in [1.82, 2.24) is 10.3 Å². The second-order valence-electron chi connectivity index (χ2n) is 4.97. The predicted octanol–water partition coefficient (Wildman–Crippen LogP) is 1.76. The zero-order chi connectivity index (χ0) is 13.8. The molecule has 2 rings (SSSR count). The highest BCUT2D eigenvalue weighted by atomic mass is 16.4. The largest absolute Gasteiger partial charge is 0.481 e. The molecule has 1 heterocycles. The van der Waals surface area contributed by atoms with Gasteiger partial charge in [-0.15, -0.1) is 0 Å². The maximum Gasteiger partial charge on any atom is 0.307 e. The number of aromatic nitrogens is 1. The van der Waals surface area contributed by atoms with Gasteiger partial charge in [0.2, 0.25) is 5.91 Å². The van der Waals surface area contributed by atoms with Gasteiger partial charge in [0.05, 0.1) is 23.6 Å². The van der Waals surface area contributed by atoms with Gasteiger partial charge in [-0.2, -0.15) is 0 Å². The number of carboxylic acid groups (broad SMARTS) is 1. The molecular weight excluding hydrogens is 244 g/mol. The summed E-state index contributed by atoms with van der Waals surface area (Å²) in [5, 5.41) is 11.9. The van der Waals surface area contributed by atoms with Crippen molar-refractivity contribution >= 4 is 11.9 Å². The first-order valence-electron chi connectivity index (χ1n) is 6.53. The molecule has 0 aliphatic heterocycles. The van der Waals surface area contributed by atoms with Gasteiger partial charge in [-0.25, -0.2) is 0 Å². The molecule has 19 heavy (non-hydrogen) atoms. The van der Waals surface area contributed by atoms with E-state index in [-0.39, 0.29) is 11.9 Å². The molecule has 0 spiro atoms. The van der Waals surface area contributed by atoms with Crippen LogP contribution >= 0.6 is 0 Å². The average Bonchev–Trinajstić information content (AvgIpc) is 2.89. The Hall–Kier alpha value is -1.91. The number of carbonyl (C=O) groups excluding carboxylic acids is 1. The first-order valence-corrected chi connectivity index (χ1v) is 6.53. The number of pyridine rings is 1. The van der Waals surface area contributed by atoms with Gasteiger partial charge in [-0.3, -0.25) is 14.6 Å². The van der Waals surface area contributed by atoms with E-state index in [0.717, 1.165) is 12.1 Å². The van der Waals surface area contributed by atoms with E-state index in [4.69, 9.17) is 5.11 Å². The lowest BCUT2D eigenvalue weighted by Gasteiger charge is -2.19. The van der Waals surface area contributed by atoms with Gasteiger partial charge >= 0.3 is 5.97 Å². The number of amides is 1. The molecule has 1 aromatic heterocycles. The van der Waals surface area contributed by atoms with Crippen LogP contribution < -0.4 is 5.32 Å². The minimum absolute atomic E-state index is 0.178. The van der Waals surface area contributed by atoms with E-state index >= 15 is 0 Å². The number of rotatable bonds is 4. The molecule has 3 unspecified atom stereocenters. The summed E-state index contributed by atoms with van der Waals surface area (Å²) < 4.78 is 0. The third-order valence-corrected chi connectivity index (χ3v) is 3.66. The van der Waals surface area contributed by atoms with Crippen molar-refractivity contribution in [3.05, 3.63) is 30.1 Å². The maximum atomic E-state index is 12.1. The van der Waals surface area contributed by atoms with E-state index in [2.05, 4.69) is 10.3 Å². The minimum atomic E-state index is -0.872. The van der Waals surface area contributed by atoms with Crippen LogP contribution in [0.25, 0.3) is 0 Å². The highest BCUT2D eigenvalue weighted by molar-refractivity contribution is 5.85. The fourth-order valence-electron chi connectivity index (χ4n) is 2.60. The number of hydrogen-bond acceptors (Lipinski definition) is 3. The van der Waals surface area contributed by atoms with Crippen molar-refractivity contribution in [3.63, 3.8) is 0 Å². The van der Waals surface area contributed by atoms with Crippen molar-refractivity contribution in [1.29, 1.82) is 0 Å². The molecule has 1 fully saturated rings. The first-order chi connectivity index (χ1) is 9.09. The van der Waals surface area contributed by atoms with Gasteiger partial charge in [0.25, 0.3) is 0 Å². The van der Waals surface area contributed by atoms with Crippen LogP contribution in [0.5, 0.6) is 0 Å². The molecule has 1 aliphatic rings.